The van der Waals surface area contributed by atoms with Crippen molar-refractivity contribution in [2.24, 2.45) is 0 Å². The molecule has 1 rings (SSSR count). The first kappa shape index (κ1) is 22.5. The van der Waals surface area contributed by atoms with Gasteiger partial charge in [0.2, 0.25) is 0 Å². The molecule has 18 heavy (non-hydrogen) atoms. The molecule has 0 nitrogen and oxygen atoms in total. The monoisotopic (exact) mass is 447 g/mol. The first-order chi connectivity index (χ1) is 7.64. The van der Waals surface area contributed by atoms with Gasteiger partial charge in [0.25, 0.3) is 0 Å². The van der Waals surface area contributed by atoms with Crippen LogP contribution in [0.4, 0.5) is 0 Å². The van der Waals surface area contributed by atoms with Crippen molar-refractivity contribution in [1.29, 1.82) is 0 Å². The van der Waals surface area contributed by atoms with Crippen molar-refractivity contribution in [2.45, 2.75) is 83.2 Å². The van der Waals surface area contributed by atoms with Crippen LogP contribution in [0.3, 0.4) is 0 Å². The standard InChI is InChI=1S/C13H27P.2ClH.Fe.Pd/c1-12(2,3)14(13(4,5)6)11-9-7-8-10-11;;;;/h11H,7-10H2,1-6H3;2*1H;;/q;;;;+2/p-1. The van der Waals surface area contributed by atoms with E-state index in [4.69, 9.17) is 19.1 Å². The van der Waals surface area contributed by atoms with Gasteiger partial charge in [-0.25, -0.2) is 0 Å². The van der Waals surface area contributed by atoms with Gasteiger partial charge in [-0.05, 0) is 67.2 Å². The van der Waals surface area contributed by atoms with Crippen LogP contribution in [0.2, 0.25) is 0 Å². The third-order valence-corrected chi connectivity index (χ3v) is 8.01. The van der Waals surface area contributed by atoms with Crippen molar-refractivity contribution in [3.63, 3.8) is 0 Å². The minimum atomic E-state index is -0.253. The number of halogens is 2. The Hall–Kier alpha value is 2.19. The summed E-state index contributed by atoms with van der Waals surface area (Å²) >= 11 is -0.106. The molecule has 0 spiro atoms. The van der Waals surface area contributed by atoms with Crippen LogP contribution in [0.1, 0.15) is 67.2 Å². The third-order valence-electron chi connectivity index (χ3n) is 3.38. The molecule has 1 fully saturated rings. The molecule has 0 aromatic rings. The van der Waals surface area contributed by atoms with E-state index < -0.39 is 0 Å². The molecule has 0 unspecified atom stereocenters. The van der Waals surface area contributed by atoms with Crippen molar-refractivity contribution in [1.82, 2.24) is 0 Å². The molecular formula is C13H28Cl2FePPd+. The number of hydrogen-bond acceptors (Lipinski definition) is 0. The van der Waals surface area contributed by atoms with Gasteiger partial charge in [0.1, 0.15) is 0 Å². The van der Waals surface area contributed by atoms with Crippen LogP contribution < -0.4 is 0 Å². The van der Waals surface area contributed by atoms with Gasteiger partial charge in [0, 0.05) is 25.0 Å². The Kier molecular flexibility index (Phi) is 12.5. The second-order valence-corrected chi connectivity index (χ2v) is 13.9. The molecule has 1 saturated carbocycles. The molecule has 0 heterocycles. The quantitative estimate of drug-likeness (QED) is 0.335. The van der Waals surface area contributed by atoms with Gasteiger partial charge in [-0.1, -0.05) is 0 Å². The fourth-order valence-electron chi connectivity index (χ4n) is 3.56. The average Bonchev–Trinajstić information content (AvgIpc) is 2.52. The molecule has 0 aromatic carbocycles. The molecule has 0 aromatic heterocycles. The molecule has 5 heteroatoms. The maximum absolute atomic E-state index is 4.81. The summed E-state index contributed by atoms with van der Waals surface area (Å²) in [5.41, 5.74) is 1.08. The summed E-state index contributed by atoms with van der Waals surface area (Å²) in [5, 5.41) is 1.13. The van der Waals surface area contributed by atoms with E-state index in [-0.39, 0.29) is 40.9 Å². The zero-order valence-corrected chi connectivity index (χ0v) is 17.5. The van der Waals surface area contributed by atoms with Gasteiger partial charge in [0.05, 0.1) is 16.0 Å². The van der Waals surface area contributed by atoms with E-state index in [9.17, 15) is 0 Å². The molecule has 1 aliphatic rings. The number of rotatable bonds is 1. The summed E-state index contributed by atoms with van der Waals surface area (Å²) in [6, 6.07) is 0. The van der Waals surface area contributed by atoms with Crippen LogP contribution in [0, 0.1) is 0 Å². The van der Waals surface area contributed by atoms with E-state index in [1.165, 1.54) is 25.7 Å². The second kappa shape index (κ2) is 10.0. The van der Waals surface area contributed by atoms with E-state index in [0.29, 0.717) is 10.3 Å². The van der Waals surface area contributed by atoms with Gasteiger partial charge in [-0.2, -0.15) is 0 Å². The normalized spacial score (nSPS) is 17.4. The Balaban J connectivity index is 0. The summed E-state index contributed by atoms with van der Waals surface area (Å²) < 4.78 is 0. The second-order valence-electron chi connectivity index (χ2n) is 6.94. The van der Waals surface area contributed by atoms with Crippen molar-refractivity contribution in [2.75, 3.05) is 0 Å². The fraction of sp³-hybridized carbons (Fsp3) is 1.00. The van der Waals surface area contributed by atoms with Crippen molar-refractivity contribution < 1.29 is 33.0 Å². The molecule has 116 valence electrons. The van der Waals surface area contributed by atoms with Gasteiger partial charge < -0.3 is 0 Å². The van der Waals surface area contributed by atoms with Crippen LogP contribution >= 0.6 is 27.0 Å². The summed E-state index contributed by atoms with van der Waals surface area (Å²) in [4.78, 5) is 0. The molecule has 0 atom stereocenters. The first-order valence-electron chi connectivity index (χ1n) is 6.34. The maximum atomic E-state index is 4.81. The molecule has 0 amide bonds. The van der Waals surface area contributed by atoms with Crippen LogP contribution in [-0.2, 0) is 33.0 Å². The van der Waals surface area contributed by atoms with Crippen LogP contribution in [0.25, 0.3) is 0 Å². The van der Waals surface area contributed by atoms with Crippen LogP contribution in [0.15, 0.2) is 0 Å². The molecule has 0 radical (unpaired) electrons. The maximum Gasteiger partial charge on any atom is 0 e. The predicted octanol–water partition coefficient (Wildman–Crippen LogP) is 6.11. The minimum Gasteiger partial charge on any atom is 0 e. The van der Waals surface area contributed by atoms with E-state index in [0.717, 1.165) is 5.66 Å². The number of hydrogen-bond donors (Lipinski definition) is 0. The predicted molar refractivity (Wildman–Crippen MR) is 81.8 cm³/mol. The van der Waals surface area contributed by atoms with Crippen LogP contribution in [-0.4, -0.2) is 16.0 Å². The van der Waals surface area contributed by atoms with Gasteiger partial charge in [0.15, 0.2) is 0 Å². The Morgan fingerprint density at radius 3 is 1.39 bits per heavy atom. The molecule has 0 aliphatic heterocycles. The Morgan fingerprint density at radius 2 is 1.17 bits per heavy atom. The molecular weight excluding hydrogens is 420 g/mol. The summed E-state index contributed by atoms with van der Waals surface area (Å²) in [6.07, 6.45) is 6.02. The van der Waals surface area contributed by atoms with E-state index in [2.05, 4.69) is 41.5 Å². The average molecular weight is 449 g/mol. The van der Waals surface area contributed by atoms with Crippen LogP contribution in [0.5, 0.6) is 0 Å². The smallest absolute Gasteiger partial charge is 0 e. The topological polar surface area (TPSA) is 0 Å². The van der Waals surface area contributed by atoms with Gasteiger partial charge in [-0.3, -0.25) is 0 Å². The van der Waals surface area contributed by atoms with Crippen molar-refractivity contribution >= 4 is 27.0 Å². The molecule has 0 bridgehead atoms. The fourth-order valence-corrected chi connectivity index (χ4v) is 9.25. The first-order valence-corrected chi connectivity index (χ1v) is 11.9. The zero-order valence-electron chi connectivity index (χ0n) is 12.3. The van der Waals surface area contributed by atoms with E-state index in [1.807, 2.05) is 0 Å². The summed E-state index contributed by atoms with van der Waals surface area (Å²) in [7, 11) is 9.37. The molecule has 1 aliphatic carbocycles. The van der Waals surface area contributed by atoms with Gasteiger partial charge >= 0.3 is 35.0 Å². The Bertz CT molecular complexity index is 194. The van der Waals surface area contributed by atoms with E-state index >= 15 is 0 Å². The molecule has 0 saturated heterocycles. The Labute approximate surface area is 142 Å². The van der Waals surface area contributed by atoms with E-state index in [1.54, 1.807) is 0 Å². The Morgan fingerprint density at radius 1 is 0.889 bits per heavy atom. The van der Waals surface area contributed by atoms with Crippen molar-refractivity contribution in [3.05, 3.63) is 0 Å². The summed E-state index contributed by atoms with van der Waals surface area (Å²) in [5.74, 6) is 0. The minimum absolute atomic E-state index is 0. The SMILES string of the molecule is CC(C)(C)[PH+](C1CCCC1)C(C)(C)C.[Cl][Pd][Cl].[Fe]. The van der Waals surface area contributed by atoms with Crippen molar-refractivity contribution in [3.8, 4) is 0 Å². The zero-order chi connectivity index (χ0) is 13.7. The van der Waals surface area contributed by atoms with Gasteiger partial charge in [-0.15, -0.1) is 0 Å². The summed E-state index contributed by atoms with van der Waals surface area (Å²) in [6.45, 7) is 14.8. The largest absolute Gasteiger partial charge is 0 e. The third kappa shape index (κ3) is 8.47. The molecule has 0 N–H and O–H groups in total.